The molecule has 1 aromatic carbocycles. The number of carbonyl (C=O) groups excluding carboxylic acids is 1. The Balaban J connectivity index is 2.50. The first-order valence-corrected chi connectivity index (χ1v) is 4.68. The fraction of sp³-hybridized carbons (Fsp3) is 0.364. The number of hydrogen-bond acceptors (Lipinski definition) is 2. The molecule has 14 heavy (non-hydrogen) atoms. The molecule has 0 aromatic heterocycles. The number of ether oxygens (including phenoxy) is 1. The molecule has 1 N–H and O–H groups in total. The Morgan fingerprint density at radius 1 is 1.36 bits per heavy atom. The Kier molecular flexibility index (Phi) is 3.98. The molecule has 0 aliphatic rings. The maximum atomic E-state index is 10.7. The molecule has 3 nitrogen and oxygen atoms in total. The largest absolute Gasteiger partial charge is 0.494 e. The number of benzene rings is 1. The van der Waals surface area contributed by atoms with E-state index in [2.05, 4.69) is 5.32 Å². The fourth-order valence-electron chi connectivity index (χ4n) is 1.10. The van der Waals surface area contributed by atoms with E-state index in [0.29, 0.717) is 13.2 Å². The molecule has 0 heterocycles. The van der Waals surface area contributed by atoms with Crippen LogP contribution in [0.4, 0.5) is 0 Å². The van der Waals surface area contributed by atoms with Crippen LogP contribution in [0.2, 0.25) is 0 Å². The van der Waals surface area contributed by atoms with Crippen LogP contribution in [0.5, 0.6) is 5.75 Å². The van der Waals surface area contributed by atoms with Gasteiger partial charge in [-0.05, 0) is 24.6 Å². The lowest BCUT2D eigenvalue weighted by Crippen LogP contribution is -2.18. The molecule has 0 aliphatic heterocycles. The third-order valence-electron chi connectivity index (χ3n) is 1.78. The van der Waals surface area contributed by atoms with E-state index in [1.807, 2.05) is 31.2 Å². The summed E-state index contributed by atoms with van der Waals surface area (Å²) in [5, 5.41) is 2.73. The highest BCUT2D eigenvalue weighted by Gasteiger charge is 1.95. The third kappa shape index (κ3) is 3.47. The summed E-state index contributed by atoms with van der Waals surface area (Å²) in [6, 6.07) is 7.70. The van der Waals surface area contributed by atoms with E-state index in [0.717, 1.165) is 11.3 Å². The van der Waals surface area contributed by atoms with Crippen molar-refractivity contribution >= 4 is 5.91 Å². The van der Waals surface area contributed by atoms with Crippen LogP contribution in [-0.4, -0.2) is 12.5 Å². The summed E-state index contributed by atoms with van der Waals surface area (Å²) >= 11 is 0. The predicted molar refractivity (Wildman–Crippen MR) is 55.1 cm³/mol. The van der Waals surface area contributed by atoms with Crippen LogP contribution < -0.4 is 10.1 Å². The first-order chi connectivity index (χ1) is 6.72. The zero-order valence-corrected chi connectivity index (χ0v) is 8.54. The van der Waals surface area contributed by atoms with Gasteiger partial charge < -0.3 is 10.1 Å². The van der Waals surface area contributed by atoms with Crippen molar-refractivity contribution in [1.82, 2.24) is 5.32 Å². The Hall–Kier alpha value is -1.51. The predicted octanol–water partition coefficient (Wildman–Crippen LogP) is 1.72. The third-order valence-corrected chi connectivity index (χ3v) is 1.78. The van der Waals surface area contributed by atoms with Gasteiger partial charge in [0, 0.05) is 13.5 Å². The Bertz CT molecular complexity index is 293. The van der Waals surface area contributed by atoms with Gasteiger partial charge in [-0.15, -0.1) is 0 Å². The Labute approximate surface area is 84.1 Å². The quantitative estimate of drug-likeness (QED) is 0.790. The van der Waals surface area contributed by atoms with Crippen molar-refractivity contribution in [2.75, 3.05) is 6.61 Å². The van der Waals surface area contributed by atoms with Gasteiger partial charge in [-0.2, -0.15) is 0 Å². The Morgan fingerprint density at radius 3 is 2.50 bits per heavy atom. The Morgan fingerprint density at radius 2 is 2.00 bits per heavy atom. The van der Waals surface area contributed by atoms with Crippen molar-refractivity contribution < 1.29 is 9.53 Å². The SMILES string of the molecule is CCOc1ccc(CNC(C)=O)cc1. The van der Waals surface area contributed by atoms with Gasteiger partial charge in [0.25, 0.3) is 0 Å². The van der Waals surface area contributed by atoms with Crippen molar-refractivity contribution in [3.63, 3.8) is 0 Å². The van der Waals surface area contributed by atoms with Gasteiger partial charge in [0.15, 0.2) is 0 Å². The molecule has 0 atom stereocenters. The summed E-state index contributed by atoms with van der Waals surface area (Å²) in [6.45, 7) is 4.70. The zero-order valence-electron chi connectivity index (χ0n) is 8.54. The maximum Gasteiger partial charge on any atom is 0.217 e. The van der Waals surface area contributed by atoms with Crippen LogP contribution in [0.25, 0.3) is 0 Å². The molecular formula is C11H15NO2. The molecule has 76 valence electrons. The molecule has 0 aliphatic carbocycles. The lowest BCUT2D eigenvalue weighted by atomic mass is 10.2. The molecule has 0 bridgehead atoms. The van der Waals surface area contributed by atoms with E-state index >= 15 is 0 Å². The number of nitrogens with one attached hydrogen (secondary N) is 1. The van der Waals surface area contributed by atoms with Gasteiger partial charge in [0.05, 0.1) is 6.61 Å². The topological polar surface area (TPSA) is 38.3 Å². The van der Waals surface area contributed by atoms with E-state index < -0.39 is 0 Å². The first kappa shape index (κ1) is 10.6. The molecule has 3 heteroatoms. The highest BCUT2D eigenvalue weighted by molar-refractivity contribution is 5.72. The van der Waals surface area contributed by atoms with E-state index in [9.17, 15) is 4.79 Å². The lowest BCUT2D eigenvalue weighted by Gasteiger charge is -2.05. The summed E-state index contributed by atoms with van der Waals surface area (Å²) in [7, 11) is 0. The monoisotopic (exact) mass is 193 g/mol. The average Bonchev–Trinajstić information content (AvgIpc) is 2.17. The first-order valence-electron chi connectivity index (χ1n) is 4.68. The minimum Gasteiger partial charge on any atom is -0.494 e. The summed E-state index contributed by atoms with van der Waals surface area (Å²) in [4.78, 5) is 10.7. The highest BCUT2D eigenvalue weighted by Crippen LogP contribution is 2.11. The van der Waals surface area contributed by atoms with Crippen molar-refractivity contribution in [2.24, 2.45) is 0 Å². The molecule has 0 spiro atoms. The zero-order chi connectivity index (χ0) is 10.4. The van der Waals surface area contributed by atoms with Gasteiger partial charge in [0.2, 0.25) is 5.91 Å². The van der Waals surface area contributed by atoms with Gasteiger partial charge in [-0.25, -0.2) is 0 Å². The normalized spacial score (nSPS) is 9.57. The number of carbonyl (C=O) groups is 1. The van der Waals surface area contributed by atoms with Crippen LogP contribution in [0.3, 0.4) is 0 Å². The molecule has 0 radical (unpaired) electrons. The van der Waals surface area contributed by atoms with Crippen LogP contribution in [-0.2, 0) is 11.3 Å². The molecule has 1 amide bonds. The minimum atomic E-state index is -0.0149. The number of hydrogen-bond donors (Lipinski definition) is 1. The fourth-order valence-corrected chi connectivity index (χ4v) is 1.10. The lowest BCUT2D eigenvalue weighted by molar-refractivity contribution is -0.119. The van der Waals surface area contributed by atoms with Gasteiger partial charge in [-0.1, -0.05) is 12.1 Å². The van der Waals surface area contributed by atoms with Crippen LogP contribution in [0, 0.1) is 0 Å². The summed E-state index contributed by atoms with van der Waals surface area (Å²) in [5.74, 6) is 0.845. The average molecular weight is 193 g/mol. The molecule has 0 fully saturated rings. The van der Waals surface area contributed by atoms with Crippen LogP contribution >= 0.6 is 0 Å². The second-order valence-electron chi connectivity index (χ2n) is 2.99. The summed E-state index contributed by atoms with van der Waals surface area (Å²) in [6.07, 6.45) is 0. The van der Waals surface area contributed by atoms with Gasteiger partial charge >= 0.3 is 0 Å². The van der Waals surface area contributed by atoms with Crippen molar-refractivity contribution in [2.45, 2.75) is 20.4 Å². The molecule has 0 saturated heterocycles. The second kappa shape index (κ2) is 5.27. The minimum absolute atomic E-state index is 0.0149. The smallest absolute Gasteiger partial charge is 0.217 e. The van der Waals surface area contributed by atoms with Crippen molar-refractivity contribution in [3.8, 4) is 5.75 Å². The molecule has 0 unspecified atom stereocenters. The van der Waals surface area contributed by atoms with E-state index in [4.69, 9.17) is 4.74 Å². The van der Waals surface area contributed by atoms with Crippen molar-refractivity contribution in [1.29, 1.82) is 0 Å². The molecule has 0 saturated carbocycles. The van der Waals surface area contributed by atoms with Crippen LogP contribution in [0.15, 0.2) is 24.3 Å². The van der Waals surface area contributed by atoms with Gasteiger partial charge in [-0.3, -0.25) is 4.79 Å². The van der Waals surface area contributed by atoms with Crippen molar-refractivity contribution in [3.05, 3.63) is 29.8 Å². The van der Waals surface area contributed by atoms with Gasteiger partial charge in [0.1, 0.15) is 5.75 Å². The molecule has 1 rings (SSSR count). The standard InChI is InChI=1S/C11H15NO2/c1-3-14-11-6-4-10(5-7-11)8-12-9(2)13/h4-7H,3,8H2,1-2H3,(H,12,13). The summed E-state index contributed by atoms with van der Waals surface area (Å²) in [5.41, 5.74) is 1.07. The second-order valence-corrected chi connectivity index (χ2v) is 2.99. The van der Waals surface area contributed by atoms with Crippen LogP contribution in [0.1, 0.15) is 19.4 Å². The maximum absolute atomic E-state index is 10.7. The number of rotatable bonds is 4. The molecule has 1 aromatic rings. The van der Waals surface area contributed by atoms with E-state index in [1.54, 1.807) is 0 Å². The highest BCUT2D eigenvalue weighted by atomic mass is 16.5. The molecular weight excluding hydrogens is 178 g/mol. The van der Waals surface area contributed by atoms with E-state index in [1.165, 1.54) is 6.92 Å². The summed E-state index contributed by atoms with van der Waals surface area (Å²) < 4.78 is 5.30. The number of amides is 1. The van der Waals surface area contributed by atoms with E-state index in [-0.39, 0.29) is 5.91 Å².